The summed E-state index contributed by atoms with van der Waals surface area (Å²) in [7, 11) is 0. The average molecular weight is 228 g/mol. The zero-order chi connectivity index (χ0) is 10.1. The summed E-state index contributed by atoms with van der Waals surface area (Å²) in [5, 5.41) is 13.0. The molecule has 2 heterocycles. The van der Waals surface area contributed by atoms with E-state index in [2.05, 4.69) is 4.98 Å². The van der Waals surface area contributed by atoms with Crippen LogP contribution in [0.1, 0.15) is 0 Å². The monoisotopic (exact) mass is 228 g/mol. The maximum atomic E-state index is 11.8. The molecule has 0 aliphatic heterocycles. The predicted octanol–water partition coefficient (Wildman–Crippen LogP) is 1.11. The molecule has 2 aromatic heterocycles. The Hall–Kier alpha value is -0.980. The van der Waals surface area contributed by atoms with Gasteiger partial charge in [0, 0.05) is 10.8 Å². The maximum absolute atomic E-state index is 11.8. The zero-order valence-electron chi connectivity index (χ0n) is 7.19. The second-order valence-corrected chi connectivity index (χ2v) is 3.94. The van der Waals surface area contributed by atoms with Gasteiger partial charge in [-0.15, -0.1) is 11.3 Å². The van der Waals surface area contributed by atoms with Crippen molar-refractivity contribution in [1.29, 1.82) is 0 Å². The van der Waals surface area contributed by atoms with E-state index in [1.807, 2.05) is 5.38 Å². The van der Waals surface area contributed by atoms with Crippen LogP contribution in [0.2, 0.25) is 0 Å². The highest BCUT2D eigenvalue weighted by atomic mass is 32.1. The van der Waals surface area contributed by atoms with Gasteiger partial charge in [-0.1, -0.05) is 0 Å². The molecule has 14 heavy (non-hydrogen) atoms. The standard InChI is InChI=1S/C8H8N2O2S2/c11-2-1-10-7(12)5-3-14-4-6(5)9-8(10)13/h3-4,11H,1-2H2,(H,9,13). The first kappa shape index (κ1) is 9.57. The smallest absolute Gasteiger partial charge is 0.263 e. The summed E-state index contributed by atoms with van der Waals surface area (Å²) in [4.78, 5) is 14.7. The summed E-state index contributed by atoms with van der Waals surface area (Å²) in [5.41, 5.74) is 0.623. The Labute approximate surface area is 88.4 Å². The minimum absolute atomic E-state index is 0.0902. The van der Waals surface area contributed by atoms with Gasteiger partial charge in [-0.05, 0) is 12.2 Å². The predicted molar refractivity (Wildman–Crippen MR) is 58.4 cm³/mol. The Morgan fingerprint density at radius 1 is 1.57 bits per heavy atom. The molecule has 4 nitrogen and oxygen atoms in total. The van der Waals surface area contributed by atoms with Gasteiger partial charge in [-0.2, -0.15) is 0 Å². The molecule has 74 valence electrons. The number of nitrogens with one attached hydrogen (secondary N) is 1. The van der Waals surface area contributed by atoms with Crippen molar-refractivity contribution in [2.45, 2.75) is 6.54 Å². The van der Waals surface area contributed by atoms with E-state index in [1.54, 1.807) is 5.38 Å². The molecular weight excluding hydrogens is 220 g/mol. The van der Waals surface area contributed by atoms with Gasteiger partial charge in [0.1, 0.15) is 0 Å². The number of aliphatic hydroxyl groups is 1. The first-order chi connectivity index (χ1) is 6.74. The molecule has 2 aromatic rings. The molecule has 0 fully saturated rings. The minimum Gasteiger partial charge on any atom is -0.395 e. The molecule has 0 aromatic carbocycles. The Bertz CT molecular complexity index is 566. The number of nitrogens with zero attached hydrogens (tertiary/aromatic N) is 1. The van der Waals surface area contributed by atoms with Crippen LogP contribution in [0.5, 0.6) is 0 Å². The molecule has 0 radical (unpaired) electrons. The van der Waals surface area contributed by atoms with Gasteiger partial charge in [-0.3, -0.25) is 9.36 Å². The Kier molecular flexibility index (Phi) is 2.49. The fourth-order valence-electron chi connectivity index (χ4n) is 1.28. The van der Waals surface area contributed by atoms with Gasteiger partial charge in [0.2, 0.25) is 0 Å². The average Bonchev–Trinajstić information content (AvgIpc) is 2.60. The molecule has 0 amide bonds. The van der Waals surface area contributed by atoms with Crippen LogP contribution in [-0.2, 0) is 6.54 Å². The minimum atomic E-state index is -0.140. The highest BCUT2D eigenvalue weighted by molar-refractivity contribution is 7.71. The van der Waals surface area contributed by atoms with Gasteiger partial charge in [-0.25, -0.2) is 0 Å². The summed E-state index contributed by atoms with van der Waals surface area (Å²) in [6.45, 7) is 0.146. The van der Waals surface area contributed by atoms with Crippen molar-refractivity contribution >= 4 is 34.5 Å². The van der Waals surface area contributed by atoms with E-state index in [1.165, 1.54) is 15.9 Å². The maximum Gasteiger partial charge on any atom is 0.263 e. The Balaban J connectivity index is 2.83. The lowest BCUT2D eigenvalue weighted by Gasteiger charge is -2.02. The number of aliphatic hydroxyl groups excluding tert-OH is 1. The lowest BCUT2D eigenvalue weighted by Crippen LogP contribution is -2.23. The van der Waals surface area contributed by atoms with Crippen LogP contribution < -0.4 is 5.56 Å². The van der Waals surface area contributed by atoms with Gasteiger partial charge in [0.05, 0.1) is 24.1 Å². The summed E-state index contributed by atoms with van der Waals surface area (Å²) >= 11 is 6.45. The van der Waals surface area contributed by atoms with Crippen molar-refractivity contribution < 1.29 is 5.11 Å². The molecule has 0 spiro atoms. The molecule has 0 atom stereocenters. The molecule has 0 saturated carbocycles. The van der Waals surface area contributed by atoms with Crippen molar-refractivity contribution in [1.82, 2.24) is 9.55 Å². The highest BCUT2D eigenvalue weighted by Crippen LogP contribution is 2.12. The largest absolute Gasteiger partial charge is 0.395 e. The SMILES string of the molecule is O=c1c2cscc2[nH]c(=S)n1CCO. The summed E-state index contributed by atoms with van der Waals surface area (Å²) in [5.74, 6) is 0. The summed E-state index contributed by atoms with van der Waals surface area (Å²) in [6, 6.07) is 0. The first-order valence-electron chi connectivity index (χ1n) is 4.04. The molecule has 2 N–H and O–H groups in total. The number of rotatable bonds is 2. The molecule has 2 rings (SSSR count). The van der Waals surface area contributed by atoms with Crippen LogP contribution in [0.3, 0.4) is 0 Å². The number of fused-ring (bicyclic) bond motifs is 1. The topological polar surface area (TPSA) is 58.0 Å². The fraction of sp³-hybridized carbons (Fsp3) is 0.250. The normalized spacial score (nSPS) is 10.9. The quantitative estimate of drug-likeness (QED) is 0.757. The number of aromatic nitrogens is 2. The third-order valence-corrected chi connectivity index (χ3v) is 3.01. The molecule has 6 heteroatoms. The summed E-state index contributed by atoms with van der Waals surface area (Å²) < 4.78 is 1.72. The lowest BCUT2D eigenvalue weighted by atomic mass is 10.4. The Morgan fingerprint density at radius 2 is 2.36 bits per heavy atom. The van der Waals surface area contributed by atoms with Crippen molar-refractivity contribution in [2.24, 2.45) is 0 Å². The van der Waals surface area contributed by atoms with E-state index in [9.17, 15) is 4.79 Å². The highest BCUT2D eigenvalue weighted by Gasteiger charge is 2.04. The molecule has 0 unspecified atom stereocenters. The molecule has 0 bridgehead atoms. The molecule has 0 aliphatic carbocycles. The van der Waals surface area contributed by atoms with E-state index in [4.69, 9.17) is 17.3 Å². The van der Waals surface area contributed by atoms with Crippen LogP contribution in [0.25, 0.3) is 10.9 Å². The van der Waals surface area contributed by atoms with E-state index in [0.29, 0.717) is 10.2 Å². The van der Waals surface area contributed by atoms with Crippen molar-refractivity contribution in [3.63, 3.8) is 0 Å². The zero-order valence-corrected chi connectivity index (χ0v) is 8.82. The number of aromatic amines is 1. The molecule has 0 saturated heterocycles. The Morgan fingerprint density at radius 3 is 3.07 bits per heavy atom. The van der Waals surface area contributed by atoms with Crippen molar-refractivity contribution in [2.75, 3.05) is 6.61 Å². The fourth-order valence-corrected chi connectivity index (χ4v) is 2.32. The third kappa shape index (κ3) is 1.41. The summed E-state index contributed by atoms with van der Waals surface area (Å²) in [6.07, 6.45) is 0. The second-order valence-electron chi connectivity index (χ2n) is 2.81. The van der Waals surface area contributed by atoms with E-state index in [-0.39, 0.29) is 18.7 Å². The van der Waals surface area contributed by atoms with Gasteiger partial charge >= 0.3 is 0 Å². The first-order valence-corrected chi connectivity index (χ1v) is 5.39. The number of thiophene rings is 1. The van der Waals surface area contributed by atoms with Gasteiger partial charge in [0.15, 0.2) is 4.77 Å². The van der Waals surface area contributed by atoms with Crippen LogP contribution in [-0.4, -0.2) is 21.3 Å². The molecular formula is C8H8N2O2S2. The second kappa shape index (κ2) is 3.64. The van der Waals surface area contributed by atoms with Gasteiger partial charge < -0.3 is 10.1 Å². The number of H-pyrrole nitrogens is 1. The van der Waals surface area contributed by atoms with E-state index >= 15 is 0 Å². The van der Waals surface area contributed by atoms with Crippen molar-refractivity contribution in [3.05, 3.63) is 25.9 Å². The van der Waals surface area contributed by atoms with Crippen LogP contribution in [0.15, 0.2) is 15.6 Å². The van der Waals surface area contributed by atoms with Gasteiger partial charge in [0.25, 0.3) is 5.56 Å². The van der Waals surface area contributed by atoms with E-state index < -0.39 is 0 Å². The lowest BCUT2D eigenvalue weighted by molar-refractivity contribution is 0.273. The third-order valence-electron chi connectivity index (χ3n) is 1.95. The van der Waals surface area contributed by atoms with E-state index in [0.717, 1.165) is 5.52 Å². The van der Waals surface area contributed by atoms with Crippen LogP contribution in [0, 0.1) is 4.77 Å². The molecule has 0 aliphatic rings. The van der Waals surface area contributed by atoms with Crippen molar-refractivity contribution in [3.8, 4) is 0 Å². The number of hydrogen-bond acceptors (Lipinski definition) is 4. The van der Waals surface area contributed by atoms with Crippen LogP contribution in [0.4, 0.5) is 0 Å². The number of hydrogen-bond donors (Lipinski definition) is 2. The van der Waals surface area contributed by atoms with Crippen LogP contribution >= 0.6 is 23.6 Å².